The van der Waals surface area contributed by atoms with Gasteiger partial charge in [-0.1, -0.05) is 37.1 Å². The summed E-state index contributed by atoms with van der Waals surface area (Å²) < 4.78 is 0. The third kappa shape index (κ3) is 3.40. The standard InChI is InChI=1S/C14H19N3O/c18-10-6-2-1-5-9-15-14-13-8-4-3-7-12(13)11-16-17-14/h3-4,7-8,11,18H,1-2,5-6,9-10H2,(H,15,17). The molecular formula is C14H19N3O. The van der Waals surface area contributed by atoms with Crippen molar-refractivity contribution in [2.45, 2.75) is 25.7 Å². The first kappa shape index (κ1) is 12.8. The molecule has 0 spiro atoms. The molecule has 1 aromatic carbocycles. The van der Waals surface area contributed by atoms with Crippen molar-refractivity contribution in [1.82, 2.24) is 10.2 Å². The predicted molar refractivity (Wildman–Crippen MR) is 73.6 cm³/mol. The van der Waals surface area contributed by atoms with E-state index in [4.69, 9.17) is 5.11 Å². The lowest BCUT2D eigenvalue weighted by Gasteiger charge is -2.07. The number of benzene rings is 1. The first-order chi connectivity index (χ1) is 8.92. The second-order valence-electron chi connectivity index (χ2n) is 4.35. The van der Waals surface area contributed by atoms with Crippen molar-refractivity contribution in [3.8, 4) is 0 Å². The molecule has 1 heterocycles. The number of aliphatic hydroxyl groups excluding tert-OH is 1. The van der Waals surface area contributed by atoms with Gasteiger partial charge in [0.05, 0.1) is 6.20 Å². The lowest BCUT2D eigenvalue weighted by atomic mass is 10.2. The average Bonchev–Trinajstić information content (AvgIpc) is 2.43. The lowest BCUT2D eigenvalue weighted by molar-refractivity contribution is 0.283. The van der Waals surface area contributed by atoms with E-state index in [1.54, 1.807) is 6.20 Å². The minimum Gasteiger partial charge on any atom is -0.396 e. The number of aromatic nitrogens is 2. The van der Waals surface area contributed by atoms with Crippen LogP contribution >= 0.6 is 0 Å². The molecule has 0 amide bonds. The molecule has 2 rings (SSSR count). The highest BCUT2D eigenvalue weighted by Gasteiger charge is 2.01. The fourth-order valence-electron chi connectivity index (χ4n) is 1.96. The number of nitrogens with zero attached hydrogens (tertiary/aromatic N) is 2. The summed E-state index contributed by atoms with van der Waals surface area (Å²) >= 11 is 0. The van der Waals surface area contributed by atoms with Crippen molar-refractivity contribution >= 4 is 16.6 Å². The van der Waals surface area contributed by atoms with E-state index in [9.17, 15) is 0 Å². The predicted octanol–water partition coefficient (Wildman–Crippen LogP) is 2.59. The molecule has 0 fully saturated rings. The molecule has 0 saturated heterocycles. The minimum atomic E-state index is 0.294. The summed E-state index contributed by atoms with van der Waals surface area (Å²) in [4.78, 5) is 0. The summed E-state index contributed by atoms with van der Waals surface area (Å²) in [6, 6.07) is 8.10. The van der Waals surface area contributed by atoms with E-state index < -0.39 is 0 Å². The first-order valence-corrected chi connectivity index (χ1v) is 6.47. The van der Waals surface area contributed by atoms with Crippen LogP contribution in [0.4, 0.5) is 5.82 Å². The molecule has 2 aromatic rings. The number of hydrogen-bond acceptors (Lipinski definition) is 4. The van der Waals surface area contributed by atoms with Crippen molar-refractivity contribution in [2.75, 3.05) is 18.5 Å². The second kappa shape index (κ2) is 6.91. The van der Waals surface area contributed by atoms with Crippen LogP contribution in [0.3, 0.4) is 0 Å². The topological polar surface area (TPSA) is 58.0 Å². The Hall–Kier alpha value is -1.68. The SMILES string of the molecule is OCCCCCCNc1nncc2ccccc12. The zero-order valence-electron chi connectivity index (χ0n) is 10.5. The van der Waals surface area contributed by atoms with Crippen molar-refractivity contribution < 1.29 is 5.11 Å². The van der Waals surface area contributed by atoms with Crippen LogP contribution in [-0.2, 0) is 0 Å². The van der Waals surface area contributed by atoms with Gasteiger partial charge in [-0.3, -0.25) is 0 Å². The van der Waals surface area contributed by atoms with Crippen LogP contribution in [0.25, 0.3) is 10.8 Å². The van der Waals surface area contributed by atoms with Crippen LogP contribution in [-0.4, -0.2) is 28.5 Å². The summed E-state index contributed by atoms with van der Waals surface area (Å²) in [5.41, 5.74) is 0. The molecule has 2 N–H and O–H groups in total. The molecule has 0 atom stereocenters. The second-order valence-corrected chi connectivity index (χ2v) is 4.35. The summed E-state index contributed by atoms with van der Waals surface area (Å²) in [5, 5.41) is 22.4. The molecular weight excluding hydrogens is 226 g/mol. The Morgan fingerprint density at radius 1 is 1.06 bits per heavy atom. The molecule has 0 aliphatic heterocycles. The number of hydrogen-bond donors (Lipinski definition) is 2. The summed E-state index contributed by atoms with van der Waals surface area (Å²) in [6.07, 6.45) is 5.98. The molecule has 0 aliphatic carbocycles. The maximum atomic E-state index is 8.69. The smallest absolute Gasteiger partial charge is 0.156 e. The monoisotopic (exact) mass is 245 g/mol. The summed E-state index contributed by atoms with van der Waals surface area (Å²) in [5.74, 6) is 0.857. The minimum absolute atomic E-state index is 0.294. The van der Waals surface area contributed by atoms with E-state index >= 15 is 0 Å². The van der Waals surface area contributed by atoms with E-state index in [1.807, 2.05) is 18.2 Å². The highest BCUT2D eigenvalue weighted by Crippen LogP contribution is 2.19. The Bertz CT molecular complexity index is 482. The van der Waals surface area contributed by atoms with Gasteiger partial charge in [0.15, 0.2) is 5.82 Å². The normalized spacial score (nSPS) is 10.7. The summed E-state index contributed by atoms with van der Waals surface area (Å²) in [7, 11) is 0. The van der Waals surface area contributed by atoms with Gasteiger partial charge in [0, 0.05) is 23.9 Å². The molecule has 0 radical (unpaired) electrons. The highest BCUT2D eigenvalue weighted by atomic mass is 16.2. The molecule has 0 bridgehead atoms. The Labute approximate surface area is 107 Å². The largest absolute Gasteiger partial charge is 0.396 e. The van der Waals surface area contributed by atoms with E-state index in [-0.39, 0.29) is 0 Å². The number of unbranched alkanes of at least 4 members (excludes halogenated alkanes) is 3. The lowest BCUT2D eigenvalue weighted by Crippen LogP contribution is -2.04. The van der Waals surface area contributed by atoms with Gasteiger partial charge < -0.3 is 10.4 Å². The average molecular weight is 245 g/mol. The van der Waals surface area contributed by atoms with E-state index in [1.165, 1.54) is 0 Å². The molecule has 0 aliphatic rings. The number of rotatable bonds is 7. The summed E-state index contributed by atoms with van der Waals surface area (Å²) in [6.45, 7) is 1.19. The number of aliphatic hydroxyl groups is 1. The van der Waals surface area contributed by atoms with Gasteiger partial charge in [-0.2, -0.15) is 5.10 Å². The number of nitrogens with one attached hydrogen (secondary N) is 1. The number of fused-ring (bicyclic) bond motifs is 1. The first-order valence-electron chi connectivity index (χ1n) is 6.47. The quantitative estimate of drug-likeness (QED) is 0.736. The van der Waals surface area contributed by atoms with Crippen LogP contribution < -0.4 is 5.32 Å². The van der Waals surface area contributed by atoms with Crippen LogP contribution in [0.1, 0.15) is 25.7 Å². The van der Waals surface area contributed by atoms with Gasteiger partial charge in [-0.15, -0.1) is 5.10 Å². The van der Waals surface area contributed by atoms with Gasteiger partial charge >= 0.3 is 0 Å². The van der Waals surface area contributed by atoms with Gasteiger partial charge in [0.1, 0.15) is 0 Å². The van der Waals surface area contributed by atoms with Gasteiger partial charge in [-0.05, 0) is 12.8 Å². The molecule has 4 nitrogen and oxygen atoms in total. The maximum Gasteiger partial charge on any atom is 0.156 e. The van der Waals surface area contributed by atoms with Gasteiger partial charge in [-0.25, -0.2) is 0 Å². The Morgan fingerprint density at radius 2 is 1.89 bits per heavy atom. The van der Waals surface area contributed by atoms with Crippen LogP contribution in [0.2, 0.25) is 0 Å². The van der Waals surface area contributed by atoms with E-state index in [0.29, 0.717) is 6.61 Å². The molecule has 18 heavy (non-hydrogen) atoms. The van der Waals surface area contributed by atoms with Crippen molar-refractivity contribution in [1.29, 1.82) is 0 Å². The van der Waals surface area contributed by atoms with E-state index in [0.717, 1.165) is 48.8 Å². The molecule has 4 heteroatoms. The Kier molecular flexibility index (Phi) is 4.90. The van der Waals surface area contributed by atoms with Gasteiger partial charge in [0.25, 0.3) is 0 Å². The van der Waals surface area contributed by atoms with Crippen LogP contribution in [0.5, 0.6) is 0 Å². The Morgan fingerprint density at radius 3 is 2.78 bits per heavy atom. The van der Waals surface area contributed by atoms with Crippen molar-refractivity contribution in [2.24, 2.45) is 0 Å². The van der Waals surface area contributed by atoms with Crippen LogP contribution in [0.15, 0.2) is 30.5 Å². The fraction of sp³-hybridized carbons (Fsp3) is 0.429. The third-order valence-electron chi connectivity index (χ3n) is 2.95. The van der Waals surface area contributed by atoms with Gasteiger partial charge in [0.2, 0.25) is 0 Å². The highest BCUT2D eigenvalue weighted by molar-refractivity contribution is 5.90. The molecule has 1 aromatic heterocycles. The number of anilines is 1. The van der Waals surface area contributed by atoms with Crippen molar-refractivity contribution in [3.05, 3.63) is 30.5 Å². The van der Waals surface area contributed by atoms with E-state index in [2.05, 4.69) is 21.6 Å². The Balaban J connectivity index is 1.88. The maximum absolute atomic E-state index is 8.69. The third-order valence-corrected chi connectivity index (χ3v) is 2.95. The van der Waals surface area contributed by atoms with Crippen LogP contribution in [0, 0.1) is 0 Å². The molecule has 96 valence electrons. The zero-order valence-corrected chi connectivity index (χ0v) is 10.5. The zero-order chi connectivity index (χ0) is 12.6. The molecule has 0 saturated carbocycles. The fourth-order valence-corrected chi connectivity index (χ4v) is 1.96. The van der Waals surface area contributed by atoms with Crippen molar-refractivity contribution in [3.63, 3.8) is 0 Å². The molecule has 0 unspecified atom stereocenters.